The molecule has 0 fully saturated rings. The Morgan fingerprint density at radius 1 is 1.36 bits per heavy atom. The van der Waals surface area contributed by atoms with Crippen molar-refractivity contribution in [2.24, 2.45) is 0 Å². The molecule has 0 saturated carbocycles. The predicted molar refractivity (Wildman–Crippen MR) is 82.7 cm³/mol. The number of rotatable bonds is 4. The van der Waals surface area contributed by atoms with Crippen LogP contribution in [0.1, 0.15) is 22.8 Å². The van der Waals surface area contributed by atoms with Gasteiger partial charge < -0.3 is 14.8 Å². The summed E-state index contributed by atoms with van der Waals surface area (Å²) in [6.07, 6.45) is 6.09. The molecule has 0 radical (unpaired) electrons. The number of hydrogen-bond acceptors (Lipinski definition) is 3. The number of carbonyl (C=O) groups is 2. The van der Waals surface area contributed by atoms with E-state index in [2.05, 4.69) is 10.3 Å². The number of aromatic nitrogens is 2. The minimum atomic E-state index is -0.0933. The van der Waals surface area contributed by atoms with Crippen molar-refractivity contribution in [1.82, 2.24) is 14.9 Å². The molecular formula is C16H18N4O2. The Labute approximate surface area is 128 Å². The van der Waals surface area contributed by atoms with Gasteiger partial charge in [0.2, 0.25) is 5.91 Å². The van der Waals surface area contributed by atoms with Gasteiger partial charge in [-0.3, -0.25) is 9.59 Å². The van der Waals surface area contributed by atoms with Crippen molar-refractivity contribution in [3.8, 4) is 0 Å². The molecule has 22 heavy (non-hydrogen) atoms. The summed E-state index contributed by atoms with van der Waals surface area (Å²) in [6, 6.07) is 5.51. The van der Waals surface area contributed by atoms with Gasteiger partial charge in [-0.1, -0.05) is 0 Å². The predicted octanol–water partition coefficient (Wildman–Crippen LogP) is 1.22. The van der Waals surface area contributed by atoms with Gasteiger partial charge in [-0.15, -0.1) is 0 Å². The molecule has 2 heterocycles. The highest BCUT2D eigenvalue weighted by molar-refractivity contribution is 5.97. The minimum absolute atomic E-state index is 0.0382. The molecule has 114 valence electrons. The van der Waals surface area contributed by atoms with Crippen LogP contribution in [0.25, 0.3) is 0 Å². The van der Waals surface area contributed by atoms with Gasteiger partial charge in [0.25, 0.3) is 5.91 Å². The monoisotopic (exact) mass is 298 g/mol. The molecule has 1 N–H and O–H groups in total. The third-order valence-electron chi connectivity index (χ3n) is 3.83. The normalized spacial score (nSPS) is 13.0. The smallest absolute Gasteiger partial charge is 0.251 e. The summed E-state index contributed by atoms with van der Waals surface area (Å²) in [5, 5.41) is 2.89. The molecule has 6 nitrogen and oxygen atoms in total. The second kappa shape index (κ2) is 6.01. The van der Waals surface area contributed by atoms with Crippen LogP contribution >= 0.6 is 0 Å². The van der Waals surface area contributed by atoms with E-state index in [1.165, 1.54) is 0 Å². The first-order valence-electron chi connectivity index (χ1n) is 7.30. The third kappa shape index (κ3) is 2.86. The van der Waals surface area contributed by atoms with Crippen LogP contribution in [0.5, 0.6) is 0 Å². The summed E-state index contributed by atoms with van der Waals surface area (Å²) < 4.78 is 1.91. The molecule has 0 aliphatic carbocycles. The van der Waals surface area contributed by atoms with Crippen LogP contribution in [0.4, 0.5) is 5.69 Å². The quantitative estimate of drug-likeness (QED) is 0.923. The Morgan fingerprint density at radius 3 is 2.95 bits per heavy atom. The van der Waals surface area contributed by atoms with E-state index >= 15 is 0 Å². The maximum absolute atomic E-state index is 12.2. The Bertz CT molecular complexity index is 694. The van der Waals surface area contributed by atoms with Crippen molar-refractivity contribution in [2.75, 3.05) is 18.0 Å². The number of amides is 2. The van der Waals surface area contributed by atoms with Gasteiger partial charge in [0, 0.05) is 50.2 Å². The van der Waals surface area contributed by atoms with Gasteiger partial charge in [0.15, 0.2) is 0 Å². The second-order valence-electron chi connectivity index (χ2n) is 5.32. The summed E-state index contributed by atoms with van der Waals surface area (Å²) >= 11 is 0. The van der Waals surface area contributed by atoms with Crippen molar-refractivity contribution < 1.29 is 9.59 Å². The summed E-state index contributed by atoms with van der Waals surface area (Å²) in [6.45, 7) is 3.49. The molecule has 2 aromatic rings. The van der Waals surface area contributed by atoms with Crippen molar-refractivity contribution >= 4 is 17.5 Å². The maximum Gasteiger partial charge on any atom is 0.251 e. The summed E-state index contributed by atoms with van der Waals surface area (Å²) in [5.41, 5.74) is 2.61. The number of hydrogen-bond donors (Lipinski definition) is 1. The van der Waals surface area contributed by atoms with Crippen LogP contribution in [-0.2, 0) is 17.8 Å². The molecule has 1 aromatic heterocycles. The van der Waals surface area contributed by atoms with Gasteiger partial charge in [-0.05, 0) is 30.2 Å². The Morgan fingerprint density at radius 2 is 2.23 bits per heavy atom. The van der Waals surface area contributed by atoms with Crippen LogP contribution in [0.2, 0.25) is 0 Å². The first-order valence-corrected chi connectivity index (χ1v) is 7.30. The number of anilines is 1. The SMILES string of the molecule is CC(=O)N1CCc2cc(C(=O)NCCn3ccnc3)ccc21. The van der Waals surface area contributed by atoms with E-state index in [-0.39, 0.29) is 11.8 Å². The highest BCUT2D eigenvalue weighted by Gasteiger charge is 2.22. The number of imidazole rings is 1. The van der Waals surface area contributed by atoms with E-state index in [0.717, 1.165) is 17.7 Å². The van der Waals surface area contributed by atoms with Crippen molar-refractivity contribution in [2.45, 2.75) is 19.9 Å². The average molecular weight is 298 g/mol. The van der Waals surface area contributed by atoms with Gasteiger partial charge in [0.05, 0.1) is 6.33 Å². The average Bonchev–Trinajstić information content (AvgIpc) is 3.15. The molecule has 1 aromatic carbocycles. The number of fused-ring (bicyclic) bond motifs is 1. The molecule has 3 rings (SSSR count). The van der Waals surface area contributed by atoms with Crippen LogP contribution in [0.15, 0.2) is 36.9 Å². The Kier molecular flexibility index (Phi) is 3.91. The number of nitrogens with one attached hydrogen (secondary N) is 1. The maximum atomic E-state index is 12.2. The van der Waals surface area contributed by atoms with Crippen LogP contribution in [0, 0.1) is 0 Å². The van der Waals surface area contributed by atoms with E-state index in [4.69, 9.17) is 0 Å². The lowest BCUT2D eigenvalue weighted by molar-refractivity contribution is -0.116. The van der Waals surface area contributed by atoms with E-state index < -0.39 is 0 Å². The zero-order chi connectivity index (χ0) is 15.5. The standard InChI is InChI=1S/C16H18N4O2/c1-12(21)20-7-4-13-10-14(2-3-15(13)20)16(22)18-6-9-19-8-5-17-11-19/h2-3,5,8,10-11H,4,6-7,9H2,1H3,(H,18,22). The molecular weight excluding hydrogens is 280 g/mol. The Balaban J connectivity index is 1.63. The largest absolute Gasteiger partial charge is 0.350 e. The Hall–Kier alpha value is -2.63. The first-order chi connectivity index (χ1) is 10.6. The highest BCUT2D eigenvalue weighted by atomic mass is 16.2. The van der Waals surface area contributed by atoms with Gasteiger partial charge >= 0.3 is 0 Å². The molecule has 0 spiro atoms. The van der Waals surface area contributed by atoms with Crippen molar-refractivity contribution in [1.29, 1.82) is 0 Å². The van der Waals surface area contributed by atoms with E-state index in [9.17, 15) is 9.59 Å². The highest BCUT2D eigenvalue weighted by Crippen LogP contribution is 2.28. The lowest BCUT2D eigenvalue weighted by Crippen LogP contribution is -2.27. The summed E-state index contributed by atoms with van der Waals surface area (Å²) in [4.78, 5) is 29.4. The number of nitrogens with zero attached hydrogens (tertiary/aromatic N) is 3. The van der Waals surface area contributed by atoms with Crippen molar-refractivity contribution in [3.63, 3.8) is 0 Å². The summed E-state index contributed by atoms with van der Waals surface area (Å²) in [7, 11) is 0. The molecule has 1 aliphatic heterocycles. The van der Waals surface area contributed by atoms with E-state index in [0.29, 0.717) is 25.2 Å². The van der Waals surface area contributed by atoms with E-state index in [1.54, 1.807) is 30.4 Å². The molecule has 1 aliphatic rings. The topological polar surface area (TPSA) is 67.2 Å². The van der Waals surface area contributed by atoms with Gasteiger partial charge in [-0.25, -0.2) is 4.98 Å². The second-order valence-corrected chi connectivity index (χ2v) is 5.32. The molecule has 6 heteroatoms. The van der Waals surface area contributed by atoms with Crippen molar-refractivity contribution in [3.05, 3.63) is 48.0 Å². The molecule has 0 bridgehead atoms. The number of benzene rings is 1. The first kappa shape index (κ1) is 14.3. The molecule has 0 saturated heterocycles. The fourth-order valence-corrected chi connectivity index (χ4v) is 2.69. The molecule has 0 atom stereocenters. The minimum Gasteiger partial charge on any atom is -0.350 e. The van der Waals surface area contributed by atoms with Crippen LogP contribution in [-0.4, -0.2) is 34.5 Å². The lowest BCUT2D eigenvalue weighted by Gasteiger charge is -2.14. The zero-order valence-electron chi connectivity index (χ0n) is 12.5. The van der Waals surface area contributed by atoms with E-state index in [1.807, 2.05) is 22.9 Å². The zero-order valence-corrected chi connectivity index (χ0v) is 12.5. The third-order valence-corrected chi connectivity index (χ3v) is 3.83. The van der Waals surface area contributed by atoms with Crippen LogP contribution in [0.3, 0.4) is 0 Å². The molecule has 2 amide bonds. The van der Waals surface area contributed by atoms with Gasteiger partial charge in [-0.2, -0.15) is 0 Å². The fraction of sp³-hybridized carbons (Fsp3) is 0.312. The molecule has 0 unspecified atom stereocenters. The van der Waals surface area contributed by atoms with Crippen LogP contribution < -0.4 is 10.2 Å². The lowest BCUT2D eigenvalue weighted by atomic mass is 10.1. The summed E-state index contributed by atoms with van der Waals surface area (Å²) in [5.74, 6) is -0.0551. The van der Waals surface area contributed by atoms with Gasteiger partial charge in [0.1, 0.15) is 0 Å². The fourth-order valence-electron chi connectivity index (χ4n) is 2.69. The number of carbonyl (C=O) groups excluding carboxylic acids is 2.